The second kappa shape index (κ2) is 6.71. The summed E-state index contributed by atoms with van der Waals surface area (Å²) in [7, 11) is 2.01. The average molecular weight is 298 g/mol. The van der Waals surface area contributed by atoms with E-state index in [4.69, 9.17) is 0 Å². The molecule has 3 nitrogen and oxygen atoms in total. The SMILES string of the molecule is CNC1(C)CCN(C(C)c2ccc(OC(F)F)cc2)CC1. The summed E-state index contributed by atoms with van der Waals surface area (Å²) in [5.74, 6) is 0.211. The van der Waals surface area contributed by atoms with Crippen LogP contribution in [-0.2, 0) is 0 Å². The molecule has 1 aromatic carbocycles. The first-order valence-electron chi connectivity index (χ1n) is 7.41. The smallest absolute Gasteiger partial charge is 0.387 e. The van der Waals surface area contributed by atoms with Gasteiger partial charge in [-0.05, 0) is 51.4 Å². The molecule has 1 unspecified atom stereocenters. The largest absolute Gasteiger partial charge is 0.435 e. The fraction of sp³-hybridized carbons (Fsp3) is 0.625. The maximum atomic E-state index is 12.1. The topological polar surface area (TPSA) is 24.5 Å². The van der Waals surface area contributed by atoms with Crippen molar-refractivity contribution in [1.29, 1.82) is 0 Å². The lowest BCUT2D eigenvalue weighted by atomic mass is 9.88. The van der Waals surface area contributed by atoms with Gasteiger partial charge in [0.25, 0.3) is 0 Å². The van der Waals surface area contributed by atoms with Crippen molar-refractivity contribution in [2.24, 2.45) is 0 Å². The minimum Gasteiger partial charge on any atom is -0.435 e. The van der Waals surface area contributed by atoms with Crippen molar-refractivity contribution in [2.45, 2.75) is 44.9 Å². The summed E-state index contributed by atoms with van der Waals surface area (Å²) in [6, 6.07) is 7.24. The number of nitrogens with one attached hydrogen (secondary N) is 1. The second-order valence-corrected chi connectivity index (χ2v) is 5.97. The number of benzene rings is 1. The van der Waals surface area contributed by atoms with Crippen LogP contribution in [0.3, 0.4) is 0 Å². The van der Waals surface area contributed by atoms with Gasteiger partial charge in [-0.25, -0.2) is 0 Å². The Balaban J connectivity index is 1.96. The average Bonchev–Trinajstić information content (AvgIpc) is 2.47. The summed E-state index contributed by atoms with van der Waals surface area (Å²) in [6.45, 7) is 3.72. The third kappa shape index (κ3) is 4.14. The lowest BCUT2D eigenvalue weighted by Crippen LogP contribution is -2.50. The Hall–Kier alpha value is -1.20. The monoisotopic (exact) mass is 298 g/mol. The van der Waals surface area contributed by atoms with Gasteiger partial charge in [0.2, 0.25) is 0 Å². The maximum Gasteiger partial charge on any atom is 0.387 e. The molecule has 1 aromatic rings. The molecule has 1 aliphatic heterocycles. The normalized spacial score (nSPS) is 20.5. The zero-order valence-corrected chi connectivity index (χ0v) is 12.9. The van der Waals surface area contributed by atoms with E-state index in [0.29, 0.717) is 0 Å². The van der Waals surface area contributed by atoms with E-state index in [-0.39, 0.29) is 17.3 Å². The predicted octanol–water partition coefficient (Wildman–Crippen LogP) is 3.42. The van der Waals surface area contributed by atoms with E-state index in [1.54, 1.807) is 12.1 Å². The summed E-state index contributed by atoms with van der Waals surface area (Å²) in [5, 5.41) is 3.39. The van der Waals surface area contributed by atoms with E-state index in [9.17, 15) is 8.78 Å². The lowest BCUT2D eigenvalue weighted by molar-refractivity contribution is -0.0498. The second-order valence-electron chi connectivity index (χ2n) is 5.97. The molecule has 0 radical (unpaired) electrons. The Morgan fingerprint density at radius 2 is 1.76 bits per heavy atom. The summed E-state index contributed by atoms with van der Waals surface area (Å²) >= 11 is 0. The van der Waals surface area contributed by atoms with Gasteiger partial charge < -0.3 is 10.1 Å². The van der Waals surface area contributed by atoms with Gasteiger partial charge in [-0.2, -0.15) is 8.78 Å². The van der Waals surface area contributed by atoms with Crippen LogP contribution in [0.4, 0.5) is 8.78 Å². The van der Waals surface area contributed by atoms with Gasteiger partial charge in [-0.3, -0.25) is 4.90 Å². The molecule has 1 N–H and O–H groups in total. The molecule has 118 valence electrons. The maximum absolute atomic E-state index is 12.1. The Kier molecular flexibility index (Phi) is 5.17. The molecular weight excluding hydrogens is 274 g/mol. The predicted molar refractivity (Wildman–Crippen MR) is 79.8 cm³/mol. The fourth-order valence-electron chi connectivity index (χ4n) is 2.79. The molecule has 0 aliphatic carbocycles. The molecule has 5 heteroatoms. The Morgan fingerprint density at radius 3 is 2.24 bits per heavy atom. The molecule has 0 saturated carbocycles. The van der Waals surface area contributed by atoms with Gasteiger partial charge in [-0.15, -0.1) is 0 Å². The standard InChI is InChI=1S/C16H24F2N2O/c1-12(20-10-8-16(2,19-3)9-11-20)13-4-6-14(7-5-13)21-15(17)18/h4-7,12,15,19H,8-11H2,1-3H3. The molecule has 0 aromatic heterocycles. The van der Waals surface area contributed by atoms with Crippen molar-refractivity contribution >= 4 is 0 Å². The summed E-state index contributed by atoms with van der Waals surface area (Å²) in [4.78, 5) is 2.43. The summed E-state index contributed by atoms with van der Waals surface area (Å²) in [6.07, 6.45) is 2.22. The van der Waals surface area contributed by atoms with Gasteiger partial charge in [0, 0.05) is 24.7 Å². The van der Waals surface area contributed by atoms with Crippen molar-refractivity contribution < 1.29 is 13.5 Å². The first-order chi connectivity index (χ1) is 9.93. The minimum absolute atomic E-state index is 0.211. The number of piperidine rings is 1. The van der Waals surface area contributed by atoms with E-state index in [1.165, 1.54) is 0 Å². The molecule has 0 bridgehead atoms. The highest BCUT2D eigenvalue weighted by molar-refractivity contribution is 5.29. The Labute approximate surface area is 125 Å². The van der Waals surface area contributed by atoms with Gasteiger partial charge in [0.15, 0.2) is 0 Å². The molecule has 1 heterocycles. The summed E-state index contributed by atoms with van der Waals surface area (Å²) in [5.41, 5.74) is 1.36. The van der Waals surface area contributed by atoms with Gasteiger partial charge in [0.05, 0.1) is 0 Å². The molecule has 0 spiro atoms. The number of alkyl halides is 2. The quantitative estimate of drug-likeness (QED) is 0.901. The van der Waals surface area contributed by atoms with Crippen LogP contribution in [-0.4, -0.2) is 37.2 Å². The van der Waals surface area contributed by atoms with Gasteiger partial charge >= 0.3 is 6.61 Å². The molecule has 0 amide bonds. The molecule has 1 saturated heterocycles. The van der Waals surface area contributed by atoms with Crippen LogP contribution in [0.15, 0.2) is 24.3 Å². The molecule has 1 atom stereocenters. The number of nitrogens with zero attached hydrogens (tertiary/aromatic N) is 1. The van der Waals surface area contributed by atoms with Crippen molar-refractivity contribution in [3.63, 3.8) is 0 Å². The van der Waals surface area contributed by atoms with Crippen molar-refractivity contribution in [1.82, 2.24) is 10.2 Å². The number of ether oxygens (including phenoxy) is 1. The zero-order valence-electron chi connectivity index (χ0n) is 12.9. The lowest BCUT2D eigenvalue weighted by Gasteiger charge is -2.42. The van der Waals surface area contributed by atoms with Crippen molar-refractivity contribution in [2.75, 3.05) is 20.1 Å². The van der Waals surface area contributed by atoms with E-state index >= 15 is 0 Å². The van der Waals surface area contributed by atoms with E-state index < -0.39 is 6.61 Å². The van der Waals surface area contributed by atoms with Crippen LogP contribution >= 0.6 is 0 Å². The molecular formula is C16H24F2N2O. The third-order valence-corrected chi connectivity index (χ3v) is 4.64. The molecule has 21 heavy (non-hydrogen) atoms. The van der Waals surface area contributed by atoms with Gasteiger partial charge in [0.1, 0.15) is 5.75 Å². The van der Waals surface area contributed by atoms with E-state index in [2.05, 4.69) is 28.8 Å². The molecule has 2 rings (SSSR count). The van der Waals surface area contributed by atoms with Crippen LogP contribution in [0.2, 0.25) is 0 Å². The van der Waals surface area contributed by atoms with Crippen LogP contribution in [0.5, 0.6) is 5.75 Å². The highest BCUT2D eigenvalue weighted by Crippen LogP contribution is 2.29. The van der Waals surface area contributed by atoms with Crippen molar-refractivity contribution in [3.8, 4) is 5.75 Å². The van der Waals surface area contributed by atoms with Crippen LogP contribution < -0.4 is 10.1 Å². The zero-order chi connectivity index (χ0) is 15.5. The highest BCUT2D eigenvalue weighted by Gasteiger charge is 2.30. The fourth-order valence-corrected chi connectivity index (χ4v) is 2.79. The first kappa shape index (κ1) is 16.2. The minimum atomic E-state index is -2.77. The molecule has 1 aliphatic rings. The number of hydrogen-bond donors (Lipinski definition) is 1. The first-order valence-corrected chi connectivity index (χ1v) is 7.41. The number of halogens is 2. The van der Waals surface area contributed by atoms with Crippen LogP contribution in [0.1, 0.15) is 38.3 Å². The van der Waals surface area contributed by atoms with E-state index in [0.717, 1.165) is 31.5 Å². The summed E-state index contributed by atoms with van der Waals surface area (Å²) < 4.78 is 28.7. The van der Waals surface area contributed by atoms with Crippen LogP contribution in [0, 0.1) is 0 Å². The van der Waals surface area contributed by atoms with E-state index in [1.807, 2.05) is 19.2 Å². The number of rotatable bonds is 5. The van der Waals surface area contributed by atoms with Crippen LogP contribution in [0.25, 0.3) is 0 Å². The Bertz CT molecular complexity index is 442. The molecule has 1 fully saturated rings. The van der Waals surface area contributed by atoms with Crippen molar-refractivity contribution in [3.05, 3.63) is 29.8 Å². The highest BCUT2D eigenvalue weighted by atomic mass is 19.3. The third-order valence-electron chi connectivity index (χ3n) is 4.64. The number of hydrogen-bond acceptors (Lipinski definition) is 3. The van der Waals surface area contributed by atoms with Gasteiger partial charge in [-0.1, -0.05) is 12.1 Å². The number of likely N-dealkylation sites (tertiary alicyclic amines) is 1. The Morgan fingerprint density at radius 1 is 1.19 bits per heavy atom.